The van der Waals surface area contributed by atoms with Crippen LogP contribution in [0.4, 0.5) is 5.95 Å². The number of hydrogen-bond donors (Lipinski definition) is 2. The Morgan fingerprint density at radius 1 is 1.42 bits per heavy atom. The molecule has 3 aromatic rings. The SMILES string of the molecule is OC(CNc1nc2ccc(Br)cn2n1)c1ccsc1. The lowest BCUT2D eigenvalue weighted by Crippen LogP contribution is -2.12. The zero-order valence-corrected chi connectivity index (χ0v) is 12.2. The molecule has 0 fully saturated rings. The number of nitrogens with zero attached hydrogens (tertiary/aromatic N) is 3. The van der Waals surface area contributed by atoms with Gasteiger partial charge in [0.1, 0.15) is 0 Å². The van der Waals surface area contributed by atoms with E-state index in [1.165, 1.54) is 0 Å². The van der Waals surface area contributed by atoms with Gasteiger partial charge in [-0.15, -0.1) is 5.10 Å². The quantitative estimate of drug-likeness (QED) is 0.767. The monoisotopic (exact) mass is 338 g/mol. The van der Waals surface area contributed by atoms with Gasteiger partial charge >= 0.3 is 0 Å². The van der Waals surface area contributed by atoms with Crippen molar-refractivity contribution in [2.24, 2.45) is 0 Å². The maximum Gasteiger partial charge on any atom is 0.243 e. The second-order valence-electron chi connectivity index (χ2n) is 4.04. The minimum Gasteiger partial charge on any atom is -0.387 e. The average molecular weight is 339 g/mol. The topological polar surface area (TPSA) is 62.5 Å². The fourth-order valence-electron chi connectivity index (χ4n) is 1.70. The van der Waals surface area contributed by atoms with Crippen molar-refractivity contribution in [1.29, 1.82) is 0 Å². The molecule has 0 saturated heterocycles. The van der Waals surface area contributed by atoms with Crippen LogP contribution in [-0.4, -0.2) is 26.2 Å². The number of fused-ring (bicyclic) bond motifs is 1. The van der Waals surface area contributed by atoms with Crippen molar-refractivity contribution >= 4 is 38.9 Å². The second kappa shape index (κ2) is 5.28. The van der Waals surface area contributed by atoms with E-state index < -0.39 is 6.10 Å². The van der Waals surface area contributed by atoms with Crippen molar-refractivity contribution in [3.63, 3.8) is 0 Å². The largest absolute Gasteiger partial charge is 0.387 e. The zero-order chi connectivity index (χ0) is 13.2. The van der Waals surface area contributed by atoms with Crippen LogP contribution in [0.5, 0.6) is 0 Å². The highest BCUT2D eigenvalue weighted by atomic mass is 79.9. The van der Waals surface area contributed by atoms with Crippen LogP contribution in [0.25, 0.3) is 5.65 Å². The van der Waals surface area contributed by atoms with Crippen LogP contribution < -0.4 is 5.32 Å². The number of rotatable bonds is 4. The summed E-state index contributed by atoms with van der Waals surface area (Å²) in [6, 6.07) is 5.69. The van der Waals surface area contributed by atoms with Crippen molar-refractivity contribution in [3.8, 4) is 0 Å². The van der Waals surface area contributed by atoms with Gasteiger partial charge in [0, 0.05) is 17.2 Å². The number of nitrogens with one attached hydrogen (secondary N) is 1. The lowest BCUT2D eigenvalue weighted by molar-refractivity contribution is 0.192. The van der Waals surface area contributed by atoms with Crippen LogP contribution in [0.3, 0.4) is 0 Å². The number of anilines is 1. The first-order valence-corrected chi connectivity index (χ1v) is 7.42. The standard InChI is InChI=1S/C12H11BrN4OS/c13-9-1-2-11-15-12(16-17(11)6-9)14-5-10(18)8-3-4-19-7-8/h1-4,6-7,10,18H,5H2,(H,14,16). The third-order valence-corrected chi connectivity index (χ3v) is 3.85. The number of aromatic nitrogens is 3. The third-order valence-electron chi connectivity index (χ3n) is 2.68. The van der Waals surface area contributed by atoms with Crippen molar-refractivity contribution in [1.82, 2.24) is 14.6 Å². The smallest absolute Gasteiger partial charge is 0.243 e. The Morgan fingerprint density at radius 2 is 2.32 bits per heavy atom. The van der Waals surface area contributed by atoms with Crippen molar-refractivity contribution in [2.75, 3.05) is 11.9 Å². The Kier molecular flexibility index (Phi) is 3.50. The maximum absolute atomic E-state index is 9.96. The fraction of sp³-hybridized carbons (Fsp3) is 0.167. The number of hydrogen-bond acceptors (Lipinski definition) is 5. The molecule has 3 heterocycles. The molecular weight excluding hydrogens is 328 g/mol. The summed E-state index contributed by atoms with van der Waals surface area (Å²) in [7, 11) is 0. The molecule has 1 unspecified atom stereocenters. The lowest BCUT2D eigenvalue weighted by Gasteiger charge is -2.08. The normalized spacial score (nSPS) is 12.7. The zero-order valence-electron chi connectivity index (χ0n) is 9.82. The summed E-state index contributed by atoms with van der Waals surface area (Å²) in [6.45, 7) is 0.384. The van der Waals surface area contributed by atoms with E-state index >= 15 is 0 Å². The van der Waals surface area contributed by atoms with E-state index in [0.717, 1.165) is 15.7 Å². The molecule has 5 nitrogen and oxygen atoms in total. The molecule has 1 atom stereocenters. The molecule has 0 saturated carbocycles. The summed E-state index contributed by atoms with van der Waals surface area (Å²) < 4.78 is 2.62. The van der Waals surface area contributed by atoms with Gasteiger partial charge in [-0.3, -0.25) is 0 Å². The fourth-order valence-corrected chi connectivity index (χ4v) is 2.74. The molecule has 0 bridgehead atoms. The van der Waals surface area contributed by atoms with Gasteiger partial charge in [0.15, 0.2) is 5.65 Å². The van der Waals surface area contributed by atoms with Gasteiger partial charge in [0.25, 0.3) is 0 Å². The first-order valence-electron chi connectivity index (χ1n) is 5.68. The molecule has 0 radical (unpaired) electrons. The van der Waals surface area contributed by atoms with Crippen LogP contribution >= 0.6 is 27.3 Å². The predicted molar refractivity (Wildman–Crippen MR) is 78.5 cm³/mol. The van der Waals surface area contributed by atoms with Crippen LogP contribution in [0, 0.1) is 0 Å². The Bertz CT molecular complexity index is 682. The van der Waals surface area contributed by atoms with E-state index in [-0.39, 0.29) is 0 Å². The van der Waals surface area contributed by atoms with E-state index in [1.54, 1.807) is 15.9 Å². The Hall–Kier alpha value is -1.44. The molecule has 19 heavy (non-hydrogen) atoms. The minimum atomic E-state index is -0.551. The van der Waals surface area contributed by atoms with Crippen molar-refractivity contribution < 1.29 is 5.11 Å². The van der Waals surface area contributed by atoms with Crippen LogP contribution in [0.2, 0.25) is 0 Å². The number of thiophene rings is 1. The molecular formula is C12H11BrN4OS. The summed E-state index contributed by atoms with van der Waals surface area (Å²) in [5.74, 6) is 0.507. The highest BCUT2D eigenvalue weighted by molar-refractivity contribution is 9.10. The van der Waals surface area contributed by atoms with Gasteiger partial charge in [0.05, 0.1) is 6.10 Å². The summed E-state index contributed by atoms with van der Waals surface area (Å²) in [5, 5.41) is 21.2. The molecule has 0 spiro atoms. The van der Waals surface area contributed by atoms with E-state index in [0.29, 0.717) is 12.5 Å². The molecule has 0 amide bonds. The highest BCUT2D eigenvalue weighted by Crippen LogP contribution is 2.17. The molecule has 0 aliphatic rings. The number of aliphatic hydroxyl groups is 1. The summed E-state index contributed by atoms with van der Waals surface area (Å²) in [6.07, 6.45) is 1.28. The number of halogens is 1. The van der Waals surface area contributed by atoms with Gasteiger partial charge < -0.3 is 10.4 Å². The summed E-state index contributed by atoms with van der Waals surface area (Å²) >= 11 is 4.95. The van der Waals surface area contributed by atoms with Gasteiger partial charge in [-0.2, -0.15) is 16.3 Å². The van der Waals surface area contributed by atoms with Crippen molar-refractivity contribution in [2.45, 2.75) is 6.10 Å². The molecule has 3 rings (SSSR count). The predicted octanol–water partition coefficient (Wildman–Crippen LogP) is 2.70. The lowest BCUT2D eigenvalue weighted by atomic mass is 10.2. The first-order chi connectivity index (χ1) is 9.22. The van der Waals surface area contributed by atoms with E-state index in [9.17, 15) is 5.11 Å². The van der Waals surface area contributed by atoms with E-state index in [2.05, 4.69) is 31.3 Å². The van der Waals surface area contributed by atoms with Gasteiger partial charge in [0.2, 0.25) is 5.95 Å². The van der Waals surface area contributed by atoms with E-state index in [1.807, 2.05) is 35.2 Å². The summed E-state index contributed by atoms with van der Waals surface area (Å²) in [5.41, 5.74) is 1.67. The molecule has 0 aliphatic carbocycles. The Balaban J connectivity index is 1.71. The van der Waals surface area contributed by atoms with Crippen LogP contribution in [0.1, 0.15) is 11.7 Å². The van der Waals surface area contributed by atoms with Crippen molar-refractivity contribution in [3.05, 3.63) is 45.2 Å². The molecule has 0 aliphatic heterocycles. The molecule has 3 aromatic heterocycles. The van der Waals surface area contributed by atoms with Gasteiger partial charge in [-0.25, -0.2) is 4.52 Å². The highest BCUT2D eigenvalue weighted by Gasteiger charge is 2.09. The number of aliphatic hydroxyl groups excluding tert-OH is 1. The molecule has 2 N–H and O–H groups in total. The molecule has 7 heteroatoms. The average Bonchev–Trinajstić information content (AvgIpc) is 3.04. The van der Waals surface area contributed by atoms with Gasteiger partial charge in [-0.1, -0.05) is 0 Å². The van der Waals surface area contributed by atoms with Crippen LogP contribution in [-0.2, 0) is 0 Å². The number of pyridine rings is 1. The Morgan fingerprint density at radius 3 is 3.11 bits per heavy atom. The molecule has 98 valence electrons. The van der Waals surface area contributed by atoms with E-state index in [4.69, 9.17) is 0 Å². The Labute approximate surface area is 122 Å². The first kappa shape index (κ1) is 12.6. The maximum atomic E-state index is 9.96. The minimum absolute atomic E-state index is 0.384. The second-order valence-corrected chi connectivity index (χ2v) is 5.73. The summed E-state index contributed by atoms with van der Waals surface area (Å²) in [4.78, 5) is 4.32. The van der Waals surface area contributed by atoms with Crippen LogP contribution in [0.15, 0.2) is 39.6 Å². The van der Waals surface area contributed by atoms with Gasteiger partial charge in [-0.05, 0) is 50.5 Å². The third kappa shape index (κ3) is 2.78. The molecule has 0 aromatic carbocycles.